The van der Waals surface area contributed by atoms with Crippen molar-refractivity contribution in [2.75, 3.05) is 0 Å². The molecule has 130 valence electrons. The van der Waals surface area contributed by atoms with Crippen LogP contribution in [0.3, 0.4) is 0 Å². The fraction of sp³-hybridized carbons (Fsp3) is 0.316. The zero-order valence-corrected chi connectivity index (χ0v) is 14.0. The molecule has 1 aromatic carbocycles. The number of aliphatic imine (C=N–C) groups is 1. The highest BCUT2D eigenvalue weighted by atomic mass is 16.6. The molecule has 0 unspecified atom stereocenters. The number of esters is 2. The molecule has 0 aliphatic carbocycles. The van der Waals surface area contributed by atoms with Crippen LogP contribution in [-0.4, -0.2) is 36.1 Å². The molecule has 4 atom stereocenters. The summed E-state index contributed by atoms with van der Waals surface area (Å²) in [5.41, 5.74) is 0.905. The molecule has 6 nitrogen and oxygen atoms in total. The van der Waals surface area contributed by atoms with Crippen molar-refractivity contribution >= 4 is 17.8 Å². The van der Waals surface area contributed by atoms with Crippen LogP contribution in [0.4, 0.5) is 0 Å². The predicted molar refractivity (Wildman–Crippen MR) is 90.9 cm³/mol. The first-order valence-electron chi connectivity index (χ1n) is 8.06. The van der Waals surface area contributed by atoms with E-state index < -0.39 is 36.3 Å². The smallest absolute Gasteiger partial charge is 0.331 e. The molecule has 0 saturated carbocycles. The summed E-state index contributed by atoms with van der Waals surface area (Å²) in [6.07, 6.45) is 4.46. The molecule has 3 rings (SSSR count). The van der Waals surface area contributed by atoms with E-state index >= 15 is 0 Å². The van der Waals surface area contributed by atoms with Crippen LogP contribution in [0.2, 0.25) is 0 Å². The Morgan fingerprint density at radius 3 is 2.68 bits per heavy atom. The van der Waals surface area contributed by atoms with Crippen LogP contribution in [0.15, 0.2) is 59.6 Å². The summed E-state index contributed by atoms with van der Waals surface area (Å²) in [7, 11) is 0. The van der Waals surface area contributed by atoms with Gasteiger partial charge in [-0.2, -0.15) is 0 Å². The molecular formula is C19H19NO5. The fourth-order valence-corrected chi connectivity index (χ4v) is 2.91. The molecule has 25 heavy (non-hydrogen) atoms. The van der Waals surface area contributed by atoms with Crippen LogP contribution in [-0.2, 0) is 23.8 Å². The molecular weight excluding hydrogens is 322 g/mol. The van der Waals surface area contributed by atoms with Gasteiger partial charge in [0.2, 0.25) is 5.90 Å². The minimum absolute atomic E-state index is 0.435. The first-order chi connectivity index (χ1) is 12.1. The van der Waals surface area contributed by atoms with E-state index in [0.717, 1.165) is 5.56 Å². The van der Waals surface area contributed by atoms with Crippen molar-refractivity contribution in [2.24, 2.45) is 4.99 Å². The van der Waals surface area contributed by atoms with Crippen LogP contribution in [0.5, 0.6) is 0 Å². The van der Waals surface area contributed by atoms with Crippen LogP contribution < -0.4 is 0 Å². The third kappa shape index (κ3) is 3.79. The maximum absolute atomic E-state index is 11.8. The number of rotatable bonds is 4. The van der Waals surface area contributed by atoms with E-state index in [-0.39, 0.29) is 0 Å². The van der Waals surface area contributed by atoms with Gasteiger partial charge in [0.15, 0.2) is 18.3 Å². The van der Waals surface area contributed by atoms with Gasteiger partial charge in [0.25, 0.3) is 0 Å². The van der Waals surface area contributed by atoms with Gasteiger partial charge in [0, 0.05) is 13.0 Å². The Kier molecular flexibility index (Phi) is 4.97. The third-order valence-electron chi connectivity index (χ3n) is 3.91. The minimum Gasteiger partial charge on any atom is -0.467 e. The summed E-state index contributed by atoms with van der Waals surface area (Å²) in [5.74, 6) is -0.492. The molecule has 0 N–H and O–H groups in total. The van der Waals surface area contributed by atoms with Crippen LogP contribution in [0.25, 0.3) is 0 Å². The van der Waals surface area contributed by atoms with Crippen molar-refractivity contribution in [1.29, 1.82) is 0 Å². The Hall–Kier alpha value is -2.89. The van der Waals surface area contributed by atoms with Crippen LogP contribution in [0, 0.1) is 0 Å². The van der Waals surface area contributed by atoms with E-state index in [1.807, 2.05) is 43.3 Å². The van der Waals surface area contributed by atoms with Gasteiger partial charge in [-0.25, -0.2) is 9.79 Å². The largest absolute Gasteiger partial charge is 0.467 e. The highest BCUT2D eigenvalue weighted by Crippen LogP contribution is 2.35. The number of carbonyl (C=O) groups excluding carboxylic acids is 2. The zero-order chi connectivity index (χ0) is 17.8. The average molecular weight is 341 g/mol. The third-order valence-corrected chi connectivity index (χ3v) is 3.91. The van der Waals surface area contributed by atoms with Crippen molar-refractivity contribution in [2.45, 2.75) is 38.2 Å². The Morgan fingerprint density at radius 2 is 2.00 bits per heavy atom. The number of carbonyl (C=O) groups is 2. The number of benzene rings is 1. The van der Waals surface area contributed by atoms with Crippen molar-refractivity contribution in [3.05, 3.63) is 60.2 Å². The van der Waals surface area contributed by atoms with Gasteiger partial charge in [-0.3, -0.25) is 4.79 Å². The number of cyclic esters (lactones) is 1. The Balaban J connectivity index is 1.95. The van der Waals surface area contributed by atoms with E-state index in [0.29, 0.717) is 5.90 Å². The molecule has 2 heterocycles. The van der Waals surface area contributed by atoms with E-state index in [1.54, 1.807) is 6.08 Å². The van der Waals surface area contributed by atoms with Gasteiger partial charge < -0.3 is 14.2 Å². The summed E-state index contributed by atoms with van der Waals surface area (Å²) >= 11 is 0. The molecule has 0 bridgehead atoms. The molecule has 0 aromatic heterocycles. The topological polar surface area (TPSA) is 74.2 Å². The normalized spacial score (nSPS) is 28.4. The van der Waals surface area contributed by atoms with E-state index in [9.17, 15) is 9.59 Å². The summed E-state index contributed by atoms with van der Waals surface area (Å²) in [6.45, 7) is 3.18. The van der Waals surface area contributed by atoms with Crippen molar-refractivity contribution in [3.8, 4) is 0 Å². The molecule has 0 radical (unpaired) electrons. The van der Waals surface area contributed by atoms with Crippen molar-refractivity contribution < 1.29 is 23.8 Å². The summed E-state index contributed by atoms with van der Waals surface area (Å²) < 4.78 is 16.7. The van der Waals surface area contributed by atoms with Gasteiger partial charge in [-0.15, -0.1) is 0 Å². The number of hydrogen-bond acceptors (Lipinski definition) is 6. The molecule has 0 amide bonds. The first kappa shape index (κ1) is 17.0. The van der Waals surface area contributed by atoms with Crippen LogP contribution in [0.1, 0.15) is 25.5 Å². The van der Waals surface area contributed by atoms with E-state index in [1.165, 1.54) is 19.1 Å². The lowest BCUT2D eigenvalue weighted by Crippen LogP contribution is -2.45. The maximum atomic E-state index is 11.8. The summed E-state index contributed by atoms with van der Waals surface area (Å²) in [6, 6.07) is 9.04. The Bertz CT molecular complexity index is 737. The monoisotopic (exact) mass is 341 g/mol. The molecule has 6 heteroatoms. The molecule has 0 spiro atoms. The maximum Gasteiger partial charge on any atom is 0.331 e. The summed E-state index contributed by atoms with van der Waals surface area (Å²) in [5, 5.41) is 0. The molecule has 0 fully saturated rings. The lowest BCUT2D eigenvalue weighted by atomic mass is 9.94. The predicted octanol–water partition coefficient (Wildman–Crippen LogP) is 2.51. The van der Waals surface area contributed by atoms with Crippen molar-refractivity contribution in [1.82, 2.24) is 0 Å². The SMILES string of the molecule is C/C=C\C1=N[C@H]([C@H]2OC(=O)C=C[C@@H]2OC(C)=O)[C@@H](c2ccccc2)O1. The second kappa shape index (κ2) is 7.34. The quantitative estimate of drug-likeness (QED) is 0.787. The van der Waals surface area contributed by atoms with Crippen LogP contribution >= 0.6 is 0 Å². The van der Waals surface area contributed by atoms with E-state index in [2.05, 4.69) is 4.99 Å². The minimum atomic E-state index is -0.755. The highest BCUT2D eigenvalue weighted by molar-refractivity contribution is 5.89. The first-order valence-corrected chi connectivity index (χ1v) is 8.06. The van der Waals surface area contributed by atoms with Gasteiger partial charge in [0.05, 0.1) is 0 Å². The highest BCUT2D eigenvalue weighted by Gasteiger charge is 2.45. The lowest BCUT2D eigenvalue weighted by molar-refractivity contribution is -0.165. The van der Waals surface area contributed by atoms with Gasteiger partial charge in [-0.05, 0) is 24.6 Å². The number of allylic oxidation sites excluding steroid dienone is 1. The van der Waals surface area contributed by atoms with Gasteiger partial charge in [0.1, 0.15) is 6.04 Å². The lowest BCUT2D eigenvalue weighted by Gasteiger charge is -2.31. The van der Waals surface area contributed by atoms with Gasteiger partial charge >= 0.3 is 11.9 Å². The molecule has 2 aliphatic heterocycles. The second-order valence-electron chi connectivity index (χ2n) is 5.74. The molecule has 1 aromatic rings. The molecule has 0 saturated heterocycles. The number of ether oxygens (including phenoxy) is 3. The second-order valence-corrected chi connectivity index (χ2v) is 5.74. The van der Waals surface area contributed by atoms with E-state index in [4.69, 9.17) is 14.2 Å². The summed E-state index contributed by atoms with van der Waals surface area (Å²) in [4.78, 5) is 27.7. The Morgan fingerprint density at radius 1 is 1.24 bits per heavy atom. The average Bonchev–Trinajstić information content (AvgIpc) is 3.01. The standard InChI is InChI=1S/C19H19NO5/c1-3-7-15-20-17(18(24-15)13-8-5-4-6-9-13)19-14(23-12(2)21)10-11-16(22)25-19/h3-11,14,17-19H,1-2H3/b7-3-/t14-,17-,18+,19-/m0/s1. The zero-order valence-electron chi connectivity index (χ0n) is 14.0. The number of nitrogens with zero attached hydrogens (tertiary/aromatic N) is 1. The number of hydrogen-bond donors (Lipinski definition) is 0. The molecule has 2 aliphatic rings. The fourth-order valence-electron chi connectivity index (χ4n) is 2.91. The van der Waals surface area contributed by atoms with Crippen molar-refractivity contribution in [3.63, 3.8) is 0 Å². The van der Waals surface area contributed by atoms with Gasteiger partial charge in [-0.1, -0.05) is 36.4 Å². The Labute approximate surface area is 145 Å².